The average Bonchev–Trinajstić information content (AvgIpc) is 2.82. The molecule has 2 aromatic rings. The Labute approximate surface area is 112 Å². The van der Waals surface area contributed by atoms with Crippen LogP contribution in [0.4, 0.5) is 4.39 Å². The smallest absolute Gasteiger partial charge is 0.165 e. The first kappa shape index (κ1) is 13.5. The van der Waals surface area contributed by atoms with E-state index < -0.39 is 0 Å². The summed E-state index contributed by atoms with van der Waals surface area (Å²) < 4.78 is 20.2. The highest BCUT2D eigenvalue weighted by Crippen LogP contribution is 2.24. The van der Waals surface area contributed by atoms with Gasteiger partial charge in [-0.3, -0.25) is 4.68 Å². The van der Waals surface area contributed by atoms with Crippen molar-refractivity contribution in [3.63, 3.8) is 0 Å². The van der Waals surface area contributed by atoms with Gasteiger partial charge in [0.1, 0.15) is 0 Å². The summed E-state index contributed by atoms with van der Waals surface area (Å²) in [6, 6.07) is 5.03. The maximum Gasteiger partial charge on any atom is 0.165 e. The first-order chi connectivity index (χ1) is 9.13. The van der Waals surface area contributed by atoms with Crippen LogP contribution in [0.5, 0.6) is 5.75 Å². The average molecular weight is 263 g/mol. The molecule has 1 unspecified atom stereocenters. The molecule has 0 fully saturated rings. The standard InChI is InChI=1S/C14H18FN3O/c1-16-13(6-10-8-17-18(2)9-10)11-4-5-12(15)14(7-11)19-3/h4-5,7-9,13,16H,6H2,1-3H3. The van der Waals surface area contributed by atoms with Crippen LogP contribution in [0.15, 0.2) is 30.6 Å². The van der Waals surface area contributed by atoms with Crippen LogP contribution < -0.4 is 10.1 Å². The van der Waals surface area contributed by atoms with Gasteiger partial charge in [-0.05, 0) is 36.7 Å². The third-order valence-corrected chi connectivity index (χ3v) is 3.12. The van der Waals surface area contributed by atoms with Crippen molar-refractivity contribution in [2.75, 3.05) is 14.2 Å². The second kappa shape index (κ2) is 5.84. The molecule has 1 heterocycles. The number of aryl methyl sites for hydroxylation is 1. The lowest BCUT2D eigenvalue weighted by Gasteiger charge is -2.16. The van der Waals surface area contributed by atoms with Crippen molar-refractivity contribution in [1.29, 1.82) is 0 Å². The fourth-order valence-electron chi connectivity index (χ4n) is 2.09. The van der Waals surface area contributed by atoms with Gasteiger partial charge in [-0.25, -0.2) is 4.39 Å². The van der Waals surface area contributed by atoms with Gasteiger partial charge in [-0.2, -0.15) is 5.10 Å². The van der Waals surface area contributed by atoms with Gasteiger partial charge in [0.2, 0.25) is 0 Å². The Balaban J connectivity index is 2.21. The highest BCUT2D eigenvalue weighted by Gasteiger charge is 2.13. The van der Waals surface area contributed by atoms with Crippen molar-refractivity contribution in [2.45, 2.75) is 12.5 Å². The van der Waals surface area contributed by atoms with Gasteiger partial charge in [0.25, 0.3) is 0 Å². The van der Waals surface area contributed by atoms with Crippen LogP contribution in [0.25, 0.3) is 0 Å². The van der Waals surface area contributed by atoms with Crippen LogP contribution in [-0.2, 0) is 13.5 Å². The quantitative estimate of drug-likeness (QED) is 0.897. The minimum Gasteiger partial charge on any atom is -0.494 e. The zero-order valence-electron chi connectivity index (χ0n) is 11.4. The number of hydrogen-bond acceptors (Lipinski definition) is 3. The van der Waals surface area contributed by atoms with Gasteiger partial charge >= 0.3 is 0 Å². The second-order valence-electron chi connectivity index (χ2n) is 4.46. The fraction of sp³-hybridized carbons (Fsp3) is 0.357. The molecule has 102 valence electrons. The molecule has 19 heavy (non-hydrogen) atoms. The minimum atomic E-state index is -0.345. The molecule has 0 aliphatic heterocycles. The highest BCUT2D eigenvalue weighted by molar-refractivity contribution is 5.33. The molecule has 0 radical (unpaired) electrons. The van der Waals surface area contributed by atoms with Gasteiger partial charge < -0.3 is 10.1 Å². The van der Waals surface area contributed by atoms with E-state index in [-0.39, 0.29) is 17.6 Å². The molecule has 0 amide bonds. The number of nitrogens with one attached hydrogen (secondary N) is 1. The van der Waals surface area contributed by atoms with Gasteiger partial charge in [-0.15, -0.1) is 0 Å². The van der Waals surface area contributed by atoms with E-state index in [1.54, 1.807) is 16.8 Å². The van der Waals surface area contributed by atoms with Crippen molar-refractivity contribution in [1.82, 2.24) is 15.1 Å². The summed E-state index contributed by atoms with van der Waals surface area (Å²) in [5.74, 6) is -0.0774. The summed E-state index contributed by atoms with van der Waals surface area (Å²) in [6.07, 6.45) is 4.61. The van der Waals surface area contributed by atoms with Gasteiger partial charge in [0, 0.05) is 19.3 Å². The number of methoxy groups -OCH3 is 1. The topological polar surface area (TPSA) is 39.1 Å². The first-order valence-electron chi connectivity index (χ1n) is 6.12. The van der Waals surface area contributed by atoms with E-state index in [1.165, 1.54) is 13.2 Å². The van der Waals surface area contributed by atoms with Gasteiger partial charge in [0.15, 0.2) is 11.6 Å². The van der Waals surface area contributed by atoms with Crippen molar-refractivity contribution in [3.8, 4) is 5.75 Å². The predicted octanol–water partition coefficient (Wildman–Crippen LogP) is 2.07. The molecule has 0 bridgehead atoms. The Morgan fingerprint density at radius 3 is 2.84 bits per heavy atom. The summed E-state index contributed by atoms with van der Waals surface area (Å²) >= 11 is 0. The Morgan fingerprint density at radius 2 is 2.26 bits per heavy atom. The zero-order chi connectivity index (χ0) is 13.8. The number of ether oxygens (including phenoxy) is 1. The van der Waals surface area contributed by atoms with E-state index in [1.807, 2.05) is 26.5 Å². The van der Waals surface area contributed by atoms with E-state index in [0.717, 1.165) is 17.5 Å². The SMILES string of the molecule is CNC(Cc1cnn(C)c1)c1ccc(F)c(OC)c1. The van der Waals surface area contributed by atoms with Crippen LogP contribution in [0, 0.1) is 5.82 Å². The van der Waals surface area contributed by atoms with Gasteiger partial charge in [0.05, 0.1) is 13.3 Å². The molecule has 0 aliphatic carbocycles. The molecule has 1 N–H and O–H groups in total. The van der Waals surface area contributed by atoms with E-state index in [2.05, 4.69) is 10.4 Å². The number of aromatic nitrogens is 2. The van der Waals surface area contributed by atoms with Crippen LogP contribution in [0.2, 0.25) is 0 Å². The lowest BCUT2D eigenvalue weighted by molar-refractivity contribution is 0.385. The second-order valence-corrected chi connectivity index (χ2v) is 4.46. The Kier molecular flexibility index (Phi) is 4.16. The third kappa shape index (κ3) is 3.12. The number of likely N-dealkylation sites (N-methyl/N-ethyl adjacent to an activating group) is 1. The van der Waals surface area contributed by atoms with Gasteiger partial charge in [-0.1, -0.05) is 6.07 Å². The Bertz CT molecular complexity index is 553. The number of halogens is 1. The lowest BCUT2D eigenvalue weighted by atomic mass is 10.0. The predicted molar refractivity (Wildman–Crippen MR) is 71.7 cm³/mol. The molecule has 0 spiro atoms. The molecule has 5 heteroatoms. The molecule has 4 nitrogen and oxygen atoms in total. The first-order valence-corrected chi connectivity index (χ1v) is 6.12. The zero-order valence-corrected chi connectivity index (χ0v) is 11.4. The molecule has 1 atom stereocenters. The van der Waals surface area contributed by atoms with E-state index in [0.29, 0.717) is 0 Å². The number of benzene rings is 1. The largest absolute Gasteiger partial charge is 0.494 e. The summed E-state index contributed by atoms with van der Waals surface area (Å²) in [5.41, 5.74) is 2.12. The van der Waals surface area contributed by atoms with Crippen molar-refractivity contribution < 1.29 is 9.13 Å². The van der Waals surface area contributed by atoms with Crippen molar-refractivity contribution in [3.05, 3.63) is 47.5 Å². The minimum absolute atomic E-state index is 0.0960. The van der Waals surface area contributed by atoms with Crippen LogP contribution in [0.1, 0.15) is 17.2 Å². The normalized spacial score (nSPS) is 12.4. The van der Waals surface area contributed by atoms with E-state index >= 15 is 0 Å². The summed E-state index contributed by atoms with van der Waals surface area (Å²) in [4.78, 5) is 0. The molecule has 1 aromatic carbocycles. The lowest BCUT2D eigenvalue weighted by Crippen LogP contribution is -2.18. The summed E-state index contributed by atoms with van der Waals surface area (Å²) in [7, 11) is 5.24. The highest BCUT2D eigenvalue weighted by atomic mass is 19.1. The van der Waals surface area contributed by atoms with E-state index in [4.69, 9.17) is 4.74 Å². The molecule has 1 aromatic heterocycles. The molecule has 0 saturated heterocycles. The summed E-state index contributed by atoms with van der Waals surface area (Å²) in [5, 5.41) is 7.38. The molecule has 2 rings (SSSR count). The maximum absolute atomic E-state index is 13.4. The monoisotopic (exact) mass is 263 g/mol. The number of hydrogen-bond donors (Lipinski definition) is 1. The fourth-order valence-corrected chi connectivity index (χ4v) is 2.09. The van der Waals surface area contributed by atoms with Crippen molar-refractivity contribution >= 4 is 0 Å². The molecular formula is C14H18FN3O. The van der Waals surface area contributed by atoms with E-state index in [9.17, 15) is 4.39 Å². The molecular weight excluding hydrogens is 245 g/mol. The summed E-state index contributed by atoms with van der Waals surface area (Å²) in [6.45, 7) is 0. The maximum atomic E-state index is 13.4. The van der Waals surface area contributed by atoms with Crippen LogP contribution in [-0.4, -0.2) is 23.9 Å². The van der Waals surface area contributed by atoms with Crippen LogP contribution >= 0.6 is 0 Å². The molecule has 0 saturated carbocycles. The Hall–Kier alpha value is -1.88. The van der Waals surface area contributed by atoms with Crippen molar-refractivity contribution in [2.24, 2.45) is 7.05 Å². The van der Waals surface area contributed by atoms with Crippen LogP contribution in [0.3, 0.4) is 0 Å². The number of nitrogens with zero attached hydrogens (tertiary/aromatic N) is 2. The third-order valence-electron chi connectivity index (χ3n) is 3.12. The molecule has 0 aliphatic rings. The Morgan fingerprint density at radius 1 is 1.47 bits per heavy atom. The number of rotatable bonds is 5.